The number of fused-ring (bicyclic) bond motifs is 1. The molecular formula is C13H26N2. The molecule has 2 rings (SSSR count). The molecule has 3 unspecified atom stereocenters. The Labute approximate surface area is 94.2 Å². The Balaban J connectivity index is 1.61. The van der Waals surface area contributed by atoms with Crippen molar-refractivity contribution in [2.24, 2.45) is 23.5 Å². The lowest BCUT2D eigenvalue weighted by molar-refractivity contribution is 0.296. The van der Waals surface area contributed by atoms with Gasteiger partial charge in [0.05, 0.1) is 0 Å². The van der Waals surface area contributed by atoms with Gasteiger partial charge in [0.2, 0.25) is 0 Å². The zero-order chi connectivity index (χ0) is 10.7. The van der Waals surface area contributed by atoms with Crippen LogP contribution >= 0.6 is 0 Å². The SMILES string of the molecule is CC(CN)CCCN1CC2CCCC2C1. The fourth-order valence-electron chi connectivity index (χ4n) is 3.30. The van der Waals surface area contributed by atoms with Crippen molar-refractivity contribution < 1.29 is 0 Å². The first-order valence-electron chi connectivity index (χ1n) is 6.72. The van der Waals surface area contributed by atoms with Crippen molar-refractivity contribution in [3.05, 3.63) is 0 Å². The van der Waals surface area contributed by atoms with Crippen LogP contribution in [-0.4, -0.2) is 31.1 Å². The maximum absolute atomic E-state index is 5.63. The summed E-state index contributed by atoms with van der Waals surface area (Å²) in [5.74, 6) is 2.82. The summed E-state index contributed by atoms with van der Waals surface area (Å²) in [5, 5.41) is 0. The maximum Gasteiger partial charge on any atom is 0.00129 e. The second-order valence-corrected chi connectivity index (χ2v) is 5.69. The fourth-order valence-corrected chi connectivity index (χ4v) is 3.30. The highest BCUT2D eigenvalue weighted by Crippen LogP contribution is 2.37. The van der Waals surface area contributed by atoms with Crippen molar-refractivity contribution in [2.75, 3.05) is 26.2 Å². The van der Waals surface area contributed by atoms with Crippen LogP contribution in [-0.2, 0) is 0 Å². The normalized spacial score (nSPS) is 33.2. The van der Waals surface area contributed by atoms with Gasteiger partial charge in [-0.25, -0.2) is 0 Å². The standard InChI is InChI=1S/C13H26N2/c1-11(8-14)4-3-7-15-9-12-5-2-6-13(12)10-15/h11-13H,2-10,14H2,1H3. The molecule has 0 amide bonds. The van der Waals surface area contributed by atoms with Crippen molar-refractivity contribution >= 4 is 0 Å². The smallest absolute Gasteiger partial charge is 0.00129 e. The molecule has 0 aromatic rings. The maximum atomic E-state index is 5.63. The van der Waals surface area contributed by atoms with E-state index in [-0.39, 0.29) is 0 Å². The molecule has 1 heterocycles. The molecule has 1 saturated carbocycles. The molecule has 0 bridgehead atoms. The van der Waals surface area contributed by atoms with E-state index in [1.807, 2.05) is 0 Å². The van der Waals surface area contributed by atoms with Gasteiger partial charge in [0.25, 0.3) is 0 Å². The highest BCUT2D eigenvalue weighted by atomic mass is 15.2. The third kappa shape index (κ3) is 2.94. The molecule has 3 atom stereocenters. The lowest BCUT2D eigenvalue weighted by Gasteiger charge is -2.17. The minimum atomic E-state index is 0.715. The van der Waals surface area contributed by atoms with Gasteiger partial charge in [-0.05, 0) is 56.5 Å². The molecule has 1 saturated heterocycles. The quantitative estimate of drug-likeness (QED) is 0.753. The van der Waals surface area contributed by atoms with E-state index in [0.717, 1.165) is 18.4 Å². The minimum Gasteiger partial charge on any atom is -0.330 e. The molecule has 2 nitrogen and oxygen atoms in total. The Morgan fingerprint density at radius 2 is 1.93 bits per heavy atom. The van der Waals surface area contributed by atoms with Crippen molar-refractivity contribution in [3.8, 4) is 0 Å². The zero-order valence-corrected chi connectivity index (χ0v) is 10.1. The summed E-state index contributed by atoms with van der Waals surface area (Å²) in [6.07, 6.45) is 7.15. The van der Waals surface area contributed by atoms with Crippen LogP contribution in [0.15, 0.2) is 0 Å². The summed E-state index contributed by atoms with van der Waals surface area (Å²) < 4.78 is 0. The van der Waals surface area contributed by atoms with Crippen LogP contribution in [0.25, 0.3) is 0 Å². The molecule has 2 aliphatic rings. The van der Waals surface area contributed by atoms with E-state index in [2.05, 4.69) is 11.8 Å². The largest absolute Gasteiger partial charge is 0.330 e. The van der Waals surface area contributed by atoms with Gasteiger partial charge in [-0.2, -0.15) is 0 Å². The molecule has 1 aliphatic heterocycles. The number of likely N-dealkylation sites (tertiary alicyclic amines) is 1. The van der Waals surface area contributed by atoms with Crippen molar-refractivity contribution in [1.82, 2.24) is 4.90 Å². The van der Waals surface area contributed by atoms with Crippen molar-refractivity contribution in [3.63, 3.8) is 0 Å². The van der Waals surface area contributed by atoms with Crippen LogP contribution in [0.5, 0.6) is 0 Å². The van der Waals surface area contributed by atoms with Crippen LogP contribution < -0.4 is 5.73 Å². The molecule has 2 N–H and O–H groups in total. The predicted octanol–water partition coefficient (Wildman–Crippen LogP) is 2.09. The minimum absolute atomic E-state index is 0.715. The summed E-state index contributed by atoms with van der Waals surface area (Å²) in [6, 6.07) is 0. The van der Waals surface area contributed by atoms with Gasteiger partial charge < -0.3 is 10.6 Å². The second kappa shape index (κ2) is 5.31. The van der Waals surface area contributed by atoms with Gasteiger partial charge in [0.15, 0.2) is 0 Å². The van der Waals surface area contributed by atoms with Crippen molar-refractivity contribution in [1.29, 1.82) is 0 Å². The van der Waals surface area contributed by atoms with Crippen LogP contribution in [0.3, 0.4) is 0 Å². The summed E-state index contributed by atoms with van der Waals surface area (Å²) in [7, 11) is 0. The number of hydrogen-bond donors (Lipinski definition) is 1. The lowest BCUT2D eigenvalue weighted by Crippen LogP contribution is -2.23. The Kier molecular flexibility index (Phi) is 4.04. The fraction of sp³-hybridized carbons (Fsp3) is 1.00. The molecule has 88 valence electrons. The molecule has 0 aromatic heterocycles. The van der Waals surface area contributed by atoms with E-state index in [1.54, 1.807) is 0 Å². The number of hydrogen-bond acceptors (Lipinski definition) is 2. The van der Waals surface area contributed by atoms with Gasteiger partial charge in [0, 0.05) is 13.1 Å². The van der Waals surface area contributed by atoms with Gasteiger partial charge in [-0.15, -0.1) is 0 Å². The first-order chi connectivity index (χ1) is 7.29. The number of nitrogens with zero attached hydrogens (tertiary/aromatic N) is 1. The topological polar surface area (TPSA) is 29.3 Å². The molecule has 0 spiro atoms. The highest BCUT2D eigenvalue weighted by molar-refractivity contribution is 4.88. The molecule has 2 fully saturated rings. The predicted molar refractivity (Wildman–Crippen MR) is 64.7 cm³/mol. The third-order valence-corrected chi connectivity index (χ3v) is 4.38. The number of rotatable bonds is 5. The average Bonchev–Trinajstić information content (AvgIpc) is 2.77. The van der Waals surface area contributed by atoms with E-state index in [0.29, 0.717) is 5.92 Å². The van der Waals surface area contributed by atoms with Gasteiger partial charge in [0.1, 0.15) is 0 Å². The van der Waals surface area contributed by atoms with Crippen LogP contribution in [0.2, 0.25) is 0 Å². The molecule has 2 heteroatoms. The first kappa shape index (κ1) is 11.4. The Morgan fingerprint density at radius 1 is 1.27 bits per heavy atom. The second-order valence-electron chi connectivity index (χ2n) is 5.69. The average molecular weight is 210 g/mol. The third-order valence-electron chi connectivity index (χ3n) is 4.38. The highest BCUT2D eigenvalue weighted by Gasteiger charge is 2.35. The van der Waals surface area contributed by atoms with Crippen LogP contribution in [0.1, 0.15) is 39.0 Å². The summed E-state index contributed by atoms with van der Waals surface area (Å²) >= 11 is 0. The molecule has 15 heavy (non-hydrogen) atoms. The summed E-state index contributed by atoms with van der Waals surface area (Å²) in [6.45, 7) is 7.21. The Morgan fingerprint density at radius 3 is 2.53 bits per heavy atom. The van der Waals surface area contributed by atoms with Crippen molar-refractivity contribution in [2.45, 2.75) is 39.0 Å². The van der Waals surface area contributed by atoms with Gasteiger partial charge >= 0.3 is 0 Å². The zero-order valence-electron chi connectivity index (χ0n) is 10.1. The Hall–Kier alpha value is -0.0800. The van der Waals surface area contributed by atoms with E-state index >= 15 is 0 Å². The van der Waals surface area contributed by atoms with E-state index < -0.39 is 0 Å². The number of nitrogens with two attached hydrogens (primary N) is 1. The summed E-state index contributed by atoms with van der Waals surface area (Å²) in [5.41, 5.74) is 5.63. The van der Waals surface area contributed by atoms with E-state index in [4.69, 9.17) is 5.73 Å². The molecule has 0 radical (unpaired) electrons. The van der Waals surface area contributed by atoms with Gasteiger partial charge in [-0.1, -0.05) is 13.3 Å². The molecular weight excluding hydrogens is 184 g/mol. The van der Waals surface area contributed by atoms with E-state index in [9.17, 15) is 0 Å². The van der Waals surface area contributed by atoms with E-state index in [1.165, 1.54) is 51.7 Å². The van der Waals surface area contributed by atoms with Gasteiger partial charge in [-0.3, -0.25) is 0 Å². The molecule has 0 aromatic carbocycles. The van der Waals surface area contributed by atoms with Crippen LogP contribution in [0, 0.1) is 17.8 Å². The van der Waals surface area contributed by atoms with Crippen LogP contribution in [0.4, 0.5) is 0 Å². The molecule has 1 aliphatic carbocycles. The first-order valence-corrected chi connectivity index (χ1v) is 6.72. The Bertz CT molecular complexity index is 181. The lowest BCUT2D eigenvalue weighted by atomic mass is 10.0. The monoisotopic (exact) mass is 210 g/mol. The summed E-state index contributed by atoms with van der Waals surface area (Å²) in [4.78, 5) is 2.69.